The molecule has 0 fully saturated rings. The van der Waals surface area contributed by atoms with Crippen LogP contribution in [0.4, 0.5) is 0 Å². The summed E-state index contributed by atoms with van der Waals surface area (Å²) in [5, 5.41) is 2.91. The van der Waals surface area contributed by atoms with Crippen LogP contribution in [0.5, 0.6) is 0 Å². The van der Waals surface area contributed by atoms with Crippen LogP contribution in [0.3, 0.4) is 0 Å². The first-order valence-electron chi connectivity index (χ1n) is 9.86. The van der Waals surface area contributed by atoms with E-state index in [0.717, 1.165) is 6.42 Å². The molecular weight excluding hydrogens is 373 g/mol. The van der Waals surface area contributed by atoms with Crippen LogP contribution in [0.15, 0.2) is 24.3 Å². The lowest BCUT2D eigenvalue weighted by atomic mass is 10.4. The van der Waals surface area contributed by atoms with Crippen molar-refractivity contribution < 1.29 is 8.85 Å². The van der Waals surface area contributed by atoms with Gasteiger partial charge in [0.25, 0.3) is 0 Å². The summed E-state index contributed by atoms with van der Waals surface area (Å²) in [6.45, 7) is 23.4. The molecule has 2 nitrogen and oxygen atoms in total. The van der Waals surface area contributed by atoms with Gasteiger partial charge < -0.3 is 8.85 Å². The van der Waals surface area contributed by atoms with E-state index in [1.165, 1.54) is 10.4 Å². The molecule has 1 rings (SSSR count). The second-order valence-electron chi connectivity index (χ2n) is 8.94. The fourth-order valence-corrected chi connectivity index (χ4v) is 12.8. The largest absolute Gasteiger partial charge is 0.421 e. The van der Waals surface area contributed by atoms with Gasteiger partial charge in [-0.25, -0.2) is 0 Å². The molecule has 0 aliphatic rings. The molecular formula is C19H40O2Si4. The monoisotopic (exact) mass is 412 g/mol. The molecule has 0 spiro atoms. The van der Waals surface area contributed by atoms with E-state index in [0.29, 0.717) is 11.5 Å². The van der Waals surface area contributed by atoms with E-state index in [1.54, 1.807) is 0 Å². The van der Waals surface area contributed by atoms with E-state index in [2.05, 4.69) is 90.5 Å². The topological polar surface area (TPSA) is 18.5 Å². The normalized spacial score (nSPS) is 15.7. The lowest BCUT2D eigenvalue weighted by Crippen LogP contribution is -2.55. The van der Waals surface area contributed by atoms with Crippen molar-refractivity contribution in [2.24, 2.45) is 0 Å². The Morgan fingerprint density at radius 2 is 1.40 bits per heavy atom. The Bertz CT molecular complexity index is 527. The number of hydrogen-bond donors (Lipinski definition) is 0. The summed E-state index contributed by atoms with van der Waals surface area (Å²) < 4.78 is 12.9. The van der Waals surface area contributed by atoms with Crippen LogP contribution in [-0.4, -0.2) is 45.7 Å². The van der Waals surface area contributed by atoms with E-state index < -0.39 is 34.2 Å². The van der Waals surface area contributed by atoms with Gasteiger partial charge in [0.1, 0.15) is 8.07 Å². The number of rotatable bonds is 9. The van der Waals surface area contributed by atoms with E-state index in [4.69, 9.17) is 8.85 Å². The minimum absolute atomic E-state index is 0.378. The van der Waals surface area contributed by atoms with Crippen molar-refractivity contribution in [1.29, 1.82) is 0 Å². The number of benzene rings is 1. The van der Waals surface area contributed by atoms with E-state index in [1.807, 2.05) is 0 Å². The first kappa shape index (κ1) is 23.0. The minimum Gasteiger partial charge on any atom is -0.421 e. The first-order chi connectivity index (χ1) is 11.4. The third kappa shape index (κ3) is 6.29. The number of hydrogen-bond acceptors (Lipinski definition) is 2. The van der Waals surface area contributed by atoms with Gasteiger partial charge in [-0.15, -0.1) is 0 Å². The molecule has 0 aliphatic heterocycles. The zero-order chi connectivity index (χ0) is 19.4. The van der Waals surface area contributed by atoms with Crippen LogP contribution in [0.1, 0.15) is 20.3 Å². The zero-order valence-corrected chi connectivity index (χ0v) is 22.5. The third-order valence-corrected chi connectivity index (χ3v) is 15.6. The van der Waals surface area contributed by atoms with Gasteiger partial charge in [-0.2, -0.15) is 0 Å². The molecule has 0 bridgehead atoms. The van der Waals surface area contributed by atoms with E-state index >= 15 is 0 Å². The Balaban J connectivity index is 2.97. The molecule has 1 aromatic carbocycles. The van der Waals surface area contributed by atoms with Gasteiger partial charge in [0, 0.05) is 11.5 Å². The molecule has 1 unspecified atom stereocenters. The van der Waals surface area contributed by atoms with Crippen LogP contribution in [-0.2, 0) is 8.85 Å². The Morgan fingerprint density at radius 3 is 1.80 bits per heavy atom. The van der Waals surface area contributed by atoms with E-state index in [9.17, 15) is 0 Å². The summed E-state index contributed by atoms with van der Waals surface area (Å²) in [5.74, 6) is 0. The molecule has 25 heavy (non-hydrogen) atoms. The molecule has 2 atom stereocenters. The highest BCUT2D eigenvalue weighted by atomic mass is 28.4. The molecule has 0 radical (unpaired) electrons. The highest BCUT2D eigenvalue weighted by Crippen LogP contribution is 2.16. The highest BCUT2D eigenvalue weighted by Gasteiger charge is 2.34. The molecule has 1 aromatic rings. The van der Waals surface area contributed by atoms with Crippen LogP contribution in [0, 0.1) is 0 Å². The van der Waals surface area contributed by atoms with Crippen LogP contribution >= 0.6 is 0 Å². The van der Waals surface area contributed by atoms with Gasteiger partial charge in [0.2, 0.25) is 8.32 Å². The maximum absolute atomic E-state index is 6.65. The molecule has 0 saturated heterocycles. The maximum atomic E-state index is 6.65. The van der Waals surface area contributed by atoms with Crippen molar-refractivity contribution >= 4 is 44.6 Å². The summed E-state index contributed by atoms with van der Waals surface area (Å²) in [5.41, 5.74) is 0.875. The average Bonchev–Trinajstić information content (AvgIpc) is 2.51. The van der Waals surface area contributed by atoms with Crippen molar-refractivity contribution in [1.82, 2.24) is 0 Å². The summed E-state index contributed by atoms with van der Waals surface area (Å²) in [6.07, 6.45) is 1.15. The molecule has 0 N–H and O–H groups in total. The van der Waals surface area contributed by atoms with Crippen molar-refractivity contribution in [3.05, 3.63) is 24.3 Å². The summed E-state index contributed by atoms with van der Waals surface area (Å²) >= 11 is 0. The van der Waals surface area contributed by atoms with Crippen molar-refractivity contribution in [3.8, 4) is 0 Å². The Labute approximate surface area is 161 Å². The van der Waals surface area contributed by atoms with Crippen LogP contribution in [0.2, 0.25) is 52.4 Å². The van der Waals surface area contributed by atoms with Crippen molar-refractivity contribution in [3.63, 3.8) is 0 Å². The fourth-order valence-electron chi connectivity index (χ4n) is 3.25. The molecule has 0 heterocycles. The van der Waals surface area contributed by atoms with E-state index in [-0.39, 0.29) is 0 Å². The summed E-state index contributed by atoms with van der Waals surface area (Å²) in [7, 11) is -5.19. The van der Waals surface area contributed by atoms with Crippen LogP contribution in [0.25, 0.3) is 0 Å². The van der Waals surface area contributed by atoms with Gasteiger partial charge in [-0.1, -0.05) is 62.6 Å². The van der Waals surface area contributed by atoms with Crippen molar-refractivity contribution in [2.75, 3.05) is 0 Å². The maximum Gasteiger partial charge on any atom is 0.218 e. The molecule has 0 saturated carbocycles. The van der Waals surface area contributed by atoms with Gasteiger partial charge in [0.05, 0.1) is 8.80 Å². The third-order valence-electron chi connectivity index (χ3n) is 5.41. The van der Waals surface area contributed by atoms with Gasteiger partial charge in [0.15, 0.2) is 9.04 Å². The quantitative estimate of drug-likeness (QED) is 0.575. The molecule has 0 aliphatic carbocycles. The van der Waals surface area contributed by atoms with Gasteiger partial charge in [-0.3, -0.25) is 0 Å². The lowest BCUT2D eigenvalue weighted by molar-refractivity contribution is 0.266. The standard InChI is InChI=1S/C19H40O2Si4/c1-11-19(22(3)4)21-25(9,10)18-14-12-17(13-15-18)24(7,8)16(2)20-23(5)6/h12-16,19,22-23H,11H2,1-10H3/t16-,19?/m0/s1. The highest BCUT2D eigenvalue weighted by molar-refractivity contribution is 6.91. The average molecular weight is 413 g/mol. The van der Waals surface area contributed by atoms with Crippen molar-refractivity contribution in [2.45, 2.75) is 84.1 Å². The predicted molar refractivity (Wildman–Crippen MR) is 124 cm³/mol. The summed E-state index contributed by atoms with van der Waals surface area (Å²) in [6, 6.07) is 9.39. The van der Waals surface area contributed by atoms with Gasteiger partial charge >= 0.3 is 0 Å². The lowest BCUT2D eigenvalue weighted by Gasteiger charge is -2.33. The van der Waals surface area contributed by atoms with Gasteiger partial charge in [-0.05, 0) is 44.7 Å². The van der Waals surface area contributed by atoms with Crippen LogP contribution < -0.4 is 10.4 Å². The predicted octanol–water partition coefficient (Wildman–Crippen LogP) is 3.76. The fraction of sp³-hybridized carbons (Fsp3) is 0.684. The Hall–Kier alpha value is 0.00753. The molecule has 0 amide bonds. The SMILES string of the molecule is CCC(O[Si](C)(C)c1ccc([Si](C)(C)[C@@H](C)O[SiH](C)C)cc1)[SiH](C)C. The zero-order valence-electron chi connectivity index (χ0n) is 18.1. The Kier molecular flexibility index (Phi) is 8.55. The molecule has 6 heteroatoms. The Morgan fingerprint density at radius 1 is 0.920 bits per heavy atom. The molecule has 144 valence electrons. The summed E-state index contributed by atoms with van der Waals surface area (Å²) in [4.78, 5) is 0. The molecule has 0 aromatic heterocycles. The first-order valence-corrected chi connectivity index (χ1v) is 21.6. The second-order valence-corrected chi connectivity index (χ2v) is 23.2. The second kappa shape index (κ2) is 9.28. The minimum atomic E-state index is -1.84. The smallest absolute Gasteiger partial charge is 0.218 e.